The molecule has 0 aliphatic carbocycles. The average molecular weight is 353 g/mol. The van der Waals surface area contributed by atoms with E-state index >= 15 is 0 Å². The lowest BCUT2D eigenvalue weighted by molar-refractivity contribution is 0.115. The molecule has 0 nitrogen and oxygen atoms in total. The Kier molecular flexibility index (Phi) is 14.1. The topological polar surface area (TPSA) is 0 Å². The molecule has 0 aromatic heterocycles. The molecule has 0 rings (SSSR count). The van der Waals surface area contributed by atoms with Crippen molar-refractivity contribution in [3.63, 3.8) is 0 Å². The summed E-state index contributed by atoms with van der Waals surface area (Å²) in [4.78, 5) is 0. The fourth-order valence-corrected chi connectivity index (χ4v) is 3.44. The maximum atomic E-state index is 2.44. The van der Waals surface area contributed by atoms with Crippen LogP contribution in [0.2, 0.25) is 0 Å². The minimum absolute atomic E-state index is 0.432. The van der Waals surface area contributed by atoms with Gasteiger partial charge in [-0.25, -0.2) is 0 Å². The first-order valence-corrected chi connectivity index (χ1v) is 11.7. The molecule has 0 aliphatic heterocycles. The van der Waals surface area contributed by atoms with Gasteiger partial charge in [-0.2, -0.15) is 0 Å². The number of unbranched alkanes of at least 4 members (excludes halogenated alkanes) is 12. The molecule has 0 saturated heterocycles. The average Bonchev–Trinajstić information content (AvgIpc) is 2.49. The Morgan fingerprint density at radius 2 is 0.800 bits per heavy atom. The highest BCUT2D eigenvalue weighted by atomic mass is 14.4. The van der Waals surface area contributed by atoms with E-state index in [0.29, 0.717) is 10.8 Å². The van der Waals surface area contributed by atoms with Crippen molar-refractivity contribution < 1.29 is 0 Å². The van der Waals surface area contributed by atoms with Crippen LogP contribution in [0.4, 0.5) is 0 Å². The van der Waals surface area contributed by atoms with E-state index in [4.69, 9.17) is 0 Å². The molecular weight excluding hydrogens is 300 g/mol. The molecule has 0 aromatic carbocycles. The van der Waals surface area contributed by atoms with Crippen molar-refractivity contribution in [2.24, 2.45) is 16.7 Å². The molecule has 0 atom stereocenters. The summed E-state index contributed by atoms with van der Waals surface area (Å²) in [5.41, 5.74) is 0.906. The third-order valence-corrected chi connectivity index (χ3v) is 6.61. The van der Waals surface area contributed by atoms with Crippen LogP contribution in [0.3, 0.4) is 0 Å². The first kappa shape index (κ1) is 25.0. The molecule has 25 heavy (non-hydrogen) atoms. The first-order valence-electron chi connectivity index (χ1n) is 11.7. The highest BCUT2D eigenvalue weighted by molar-refractivity contribution is 4.82. The van der Waals surface area contributed by atoms with Crippen LogP contribution in [-0.2, 0) is 0 Å². The SMILES string of the molecule is CC(C)CCCCCCCCCCCCCCCC(C)(C)C(C)(C)C. The van der Waals surface area contributed by atoms with Gasteiger partial charge >= 0.3 is 0 Å². The zero-order chi connectivity index (χ0) is 19.2. The van der Waals surface area contributed by atoms with Gasteiger partial charge in [0.2, 0.25) is 0 Å². The van der Waals surface area contributed by atoms with Crippen molar-refractivity contribution in [3.8, 4) is 0 Å². The standard InChI is InChI=1S/C25H52/c1-23(2)21-19-17-15-13-11-9-8-10-12-14-16-18-20-22-25(6,7)24(3,4)5/h23H,8-22H2,1-7H3. The van der Waals surface area contributed by atoms with E-state index in [0.717, 1.165) is 5.92 Å². The van der Waals surface area contributed by atoms with Crippen LogP contribution in [0.25, 0.3) is 0 Å². The largest absolute Gasteiger partial charge is 0.0628 e. The Labute approximate surface area is 161 Å². The fraction of sp³-hybridized carbons (Fsp3) is 1.00. The van der Waals surface area contributed by atoms with Crippen molar-refractivity contribution in [2.45, 2.75) is 145 Å². The van der Waals surface area contributed by atoms with E-state index in [2.05, 4.69) is 48.5 Å². The summed E-state index contributed by atoms with van der Waals surface area (Å²) in [5.74, 6) is 0.893. The van der Waals surface area contributed by atoms with Crippen LogP contribution in [0, 0.1) is 16.7 Å². The van der Waals surface area contributed by atoms with E-state index in [1.807, 2.05) is 0 Å². The second-order valence-corrected chi connectivity index (χ2v) is 10.7. The highest BCUT2D eigenvalue weighted by Crippen LogP contribution is 2.41. The van der Waals surface area contributed by atoms with Gasteiger partial charge in [0.1, 0.15) is 0 Å². The molecule has 0 bridgehead atoms. The van der Waals surface area contributed by atoms with Gasteiger partial charge in [-0.3, -0.25) is 0 Å². The monoisotopic (exact) mass is 352 g/mol. The molecule has 0 unspecified atom stereocenters. The van der Waals surface area contributed by atoms with Gasteiger partial charge in [0.15, 0.2) is 0 Å². The zero-order valence-electron chi connectivity index (χ0n) is 19.2. The maximum absolute atomic E-state index is 2.44. The first-order chi connectivity index (χ1) is 11.7. The molecule has 0 N–H and O–H groups in total. The Bertz CT molecular complexity index is 279. The minimum atomic E-state index is 0.432. The van der Waals surface area contributed by atoms with Crippen LogP contribution in [-0.4, -0.2) is 0 Å². The Balaban J connectivity index is 3.25. The van der Waals surface area contributed by atoms with Gasteiger partial charge in [-0.1, -0.05) is 138 Å². The van der Waals surface area contributed by atoms with Crippen LogP contribution in [0.1, 0.15) is 145 Å². The molecule has 0 heteroatoms. The number of hydrogen-bond donors (Lipinski definition) is 0. The minimum Gasteiger partial charge on any atom is -0.0628 e. The third kappa shape index (κ3) is 14.8. The highest BCUT2D eigenvalue weighted by Gasteiger charge is 2.31. The lowest BCUT2D eigenvalue weighted by atomic mass is 9.67. The maximum Gasteiger partial charge on any atom is -0.0306 e. The van der Waals surface area contributed by atoms with Gasteiger partial charge in [0, 0.05) is 0 Å². The molecule has 0 saturated carbocycles. The quantitative estimate of drug-likeness (QED) is 0.242. The predicted molar refractivity (Wildman–Crippen MR) is 117 cm³/mol. The van der Waals surface area contributed by atoms with Crippen molar-refractivity contribution in [2.75, 3.05) is 0 Å². The van der Waals surface area contributed by atoms with Gasteiger partial charge in [0.25, 0.3) is 0 Å². The molecule has 0 aromatic rings. The van der Waals surface area contributed by atoms with Gasteiger partial charge in [-0.05, 0) is 23.2 Å². The molecule has 0 spiro atoms. The molecule has 0 aliphatic rings. The number of hydrogen-bond acceptors (Lipinski definition) is 0. The van der Waals surface area contributed by atoms with E-state index in [1.54, 1.807) is 0 Å². The summed E-state index contributed by atoms with van der Waals surface area (Å²) in [5, 5.41) is 0. The fourth-order valence-electron chi connectivity index (χ4n) is 3.44. The molecule has 0 radical (unpaired) electrons. The normalized spacial score (nSPS) is 13.0. The molecule has 152 valence electrons. The van der Waals surface area contributed by atoms with E-state index < -0.39 is 0 Å². The summed E-state index contributed by atoms with van der Waals surface area (Å²) in [6.45, 7) is 16.7. The Morgan fingerprint density at radius 3 is 1.12 bits per heavy atom. The second kappa shape index (κ2) is 14.1. The molecule has 0 amide bonds. The lowest BCUT2D eigenvalue weighted by Crippen LogP contribution is -2.29. The van der Waals surface area contributed by atoms with Gasteiger partial charge < -0.3 is 0 Å². The Morgan fingerprint density at radius 1 is 0.480 bits per heavy atom. The number of rotatable bonds is 16. The summed E-state index contributed by atoms with van der Waals surface area (Å²) in [6.07, 6.45) is 21.8. The van der Waals surface area contributed by atoms with Crippen LogP contribution < -0.4 is 0 Å². The van der Waals surface area contributed by atoms with Crippen LogP contribution in [0.5, 0.6) is 0 Å². The summed E-state index contributed by atoms with van der Waals surface area (Å²) < 4.78 is 0. The smallest absolute Gasteiger partial charge is 0.0306 e. The molecule has 0 fully saturated rings. The Hall–Kier alpha value is 0. The molecule has 0 heterocycles. The predicted octanol–water partition coefficient (Wildman–Crippen LogP) is 9.57. The van der Waals surface area contributed by atoms with Crippen LogP contribution >= 0.6 is 0 Å². The van der Waals surface area contributed by atoms with Crippen molar-refractivity contribution in [1.82, 2.24) is 0 Å². The van der Waals surface area contributed by atoms with Crippen molar-refractivity contribution >= 4 is 0 Å². The lowest BCUT2D eigenvalue weighted by Gasteiger charge is -2.39. The van der Waals surface area contributed by atoms with E-state index in [1.165, 1.54) is 96.3 Å². The second-order valence-electron chi connectivity index (χ2n) is 10.7. The van der Waals surface area contributed by atoms with Gasteiger partial charge in [0.05, 0.1) is 0 Å². The molecular formula is C25H52. The summed E-state index contributed by atoms with van der Waals surface area (Å²) in [7, 11) is 0. The van der Waals surface area contributed by atoms with E-state index in [-0.39, 0.29) is 0 Å². The van der Waals surface area contributed by atoms with E-state index in [9.17, 15) is 0 Å². The summed E-state index contributed by atoms with van der Waals surface area (Å²) in [6, 6.07) is 0. The van der Waals surface area contributed by atoms with Crippen LogP contribution in [0.15, 0.2) is 0 Å². The van der Waals surface area contributed by atoms with Crippen molar-refractivity contribution in [3.05, 3.63) is 0 Å². The van der Waals surface area contributed by atoms with Crippen molar-refractivity contribution in [1.29, 1.82) is 0 Å². The van der Waals surface area contributed by atoms with Gasteiger partial charge in [-0.15, -0.1) is 0 Å². The summed E-state index contributed by atoms with van der Waals surface area (Å²) >= 11 is 0. The zero-order valence-corrected chi connectivity index (χ0v) is 19.2. The third-order valence-electron chi connectivity index (χ3n) is 6.61.